The second-order valence-electron chi connectivity index (χ2n) is 7.42. The molecule has 0 radical (unpaired) electrons. The quantitative estimate of drug-likeness (QED) is 0.680. The highest BCUT2D eigenvalue weighted by atomic mass is 19.1. The molecule has 1 saturated heterocycles. The first-order chi connectivity index (χ1) is 13.9. The molecule has 1 fully saturated rings. The maximum absolute atomic E-state index is 13.2. The van der Waals surface area contributed by atoms with Gasteiger partial charge in [0.2, 0.25) is 11.8 Å². The van der Waals surface area contributed by atoms with Crippen LogP contribution < -0.4 is 0 Å². The van der Waals surface area contributed by atoms with E-state index in [1.165, 1.54) is 24.0 Å². The summed E-state index contributed by atoms with van der Waals surface area (Å²) >= 11 is 0. The number of hydrogen-bond acceptors (Lipinski definition) is 4. The molecule has 3 rings (SSSR count). The van der Waals surface area contributed by atoms with Gasteiger partial charge in [-0.15, -0.1) is 0 Å². The fourth-order valence-corrected chi connectivity index (χ4v) is 3.40. The Morgan fingerprint density at radius 2 is 1.86 bits per heavy atom. The van der Waals surface area contributed by atoms with Gasteiger partial charge in [0.25, 0.3) is 0 Å². The van der Waals surface area contributed by atoms with Crippen LogP contribution in [0.25, 0.3) is 0 Å². The zero-order valence-electron chi connectivity index (χ0n) is 16.9. The van der Waals surface area contributed by atoms with Crippen LogP contribution in [0, 0.1) is 12.7 Å². The third-order valence-corrected chi connectivity index (χ3v) is 5.00. The van der Waals surface area contributed by atoms with Crippen molar-refractivity contribution in [1.29, 1.82) is 0 Å². The molecule has 29 heavy (non-hydrogen) atoms. The van der Waals surface area contributed by atoms with Gasteiger partial charge in [-0.05, 0) is 49.6 Å². The summed E-state index contributed by atoms with van der Waals surface area (Å²) in [6, 6.07) is 9.71. The number of halogens is 1. The molecule has 1 aliphatic rings. The summed E-state index contributed by atoms with van der Waals surface area (Å²) < 4.78 is 24.5. The van der Waals surface area contributed by atoms with Crippen molar-refractivity contribution in [3.63, 3.8) is 0 Å². The van der Waals surface area contributed by atoms with E-state index in [-0.39, 0.29) is 36.8 Å². The molecule has 0 spiro atoms. The number of ether oxygens (including phenoxy) is 1. The van der Waals surface area contributed by atoms with E-state index in [9.17, 15) is 14.0 Å². The van der Waals surface area contributed by atoms with E-state index in [4.69, 9.17) is 9.15 Å². The van der Waals surface area contributed by atoms with Crippen molar-refractivity contribution in [1.82, 2.24) is 9.80 Å². The first-order valence-electron chi connectivity index (χ1n) is 9.85. The first kappa shape index (κ1) is 21.0. The van der Waals surface area contributed by atoms with E-state index in [1.54, 1.807) is 17.0 Å². The lowest BCUT2D eigenvalue weighted by molar-refractivity contribution is -0.141. The molecule has 0 bridgehead atoms. The lowest BCUT2D eigenvalue weighted by atomic mass is 10.2. The highest BCUT2D eigenvalue weighted by molar-refractivity contribution is 5.83. The Kier molecular flexibility index (Phi) is 7.04. The van der Waals surface area contributed by atoms with Crippen LogP contribution in [0.5, 0.6) is 0 Å². The normalized spacial score (nSPS) is 16.0. The van der Waals surface area contributed by atoms with Crippen molar-refractivity contribution < 1.29 is 23.1 Å². The number of furan rings is 1. The Bertz CT molecular complexity index is 828. The van der Waals surface area contributed by atoms with Gasteiger partial charge >= 0.3 is 0 Å². The Balaban J connectivity index is 1.72. The predicted molar refractivity (Wildman–Crippen MR) is 105 cm³/mol. The number of benzene rings is 1. The predicted octanol–water partition coefficient (Wildman–Crippen LogP) is 3.28. The number of hydrogen-bond donors (Lipinski definition) is 0. The Hall–Kier alpha value is -2.67. The van der Waals surface area contributed by atoms with Crippen LogP contribution in [0.15, 0.2) is 40.8 Å². The highest BCUT2D eigenvalue weighted by Crippen LogP contribution is 2.16. The Morgan fingerprint density at radius 1 is 1.10 bits per heavy atom. The summed E-state index contributed by atoms with van der Waals surface area (Å²) in [7, 11) is 0. The average molecular weight is 402 g/mol. The number of carbonyl (C=O) groups excluding carboxylic acids is 2. The summed E-state index contributed by atoms with van der Waals surface area (Å²) in [5.74, 6) is 0.734. The number of aryl methyl sites for hydroxylation is 1. The topological polar surface area (TPSA) is 63.0 Å². The maximum Gasteiger partial charge on any atom is 0.242 e. The van der Waals surface area contributed by atoms with Gasteiger partial charge in [-0.2, -0.15) is 0 Å². The molecule has 1 aliphatic heterocycles. The molecule has 0 saturated carbocycles. The second kappa shape index (κ2) is 9.69. The van der Waals surface area contributed by atoms with Crippen molar-refractivity contribution in [3.05, 3.63) is 59.3 Å². The third-order valence-electron chi connectivity index (χ3n) is 5.00. The van der Waals surface area contributed by atoms with Crippen LogP contribution in [0.2, 0.25) is 0 Å². The summed E-state index contributed by atoms with van der Waals surface area (Å²) in [5.41, 5.74) is 0.802. The summed E-state index contributed by atoms with van der Waals surface area (Å²) in [6.07, 6.45) is 1.84. The van der Waals surface area contributed by atoms with Gasteiger partial charge in [0, 0.05) is 26.6 Å². The minimum atomic E-state index is -0.326. The zero-order valence-corrected chi connectivity index (χ0v) is 16.9. The van der Waals surface area contributed by atoms with Gasteiger partial charge in [-0.1, -0.05) is 12.1 Å². The van der Waals surface area contributed by atoms with Crippen molar-refractivity contribution in [2.75, 3.05) is 19.7 Å². The molecule has 1 aromatic heterocycles. The molecule has 6 nitrogen and oxygen atoms in total. The minimum Gasteiger partial charge on any atom is -0.464 e. The molecule has 2 heterocycles. The molecule has 156 valence electrons. The molecule has 1 atom stereocenters. The third kappa shape index (κ3) is 6.15. The van der Waals surface area contributed by atoms with Crippen molar-refractivity contribution in [2.45, 2.75) is 45.9 Å². The zero-order chi connectivity index (χ0) is 20.8. The molecule has 2 aromatic rings. The van der Waals surface area contributed by atoms with E-state index in [2.05, 4.69) is 0 Å². The van der Waals surface area contributed by atoms with Crippen LogP contribution in [0.1, 0.15) is 36.8 Å². The van der Waals surface area contributed by atoms with E-state index in [0.29, 0.717) is 25.5 Å². The average Bonchev–Trinajstić information content (AvgIpc) is 3.34. The number of carbonyl (C=O) groups is 2. The number of nitrogens with zero attached hydrogens (tertiary/aromatic N) is 2. The highest BCUT2D eigenvalue weighted by Gasteiger charge is 2.25. The van der Waals surface area contributed by atoms with Crippen LogP contribution in [0.4, 0.5) is 4.39 Å². The summed E-state index contributed by atoms with van der Waals surface area (Å²) in [6.45, 7) is 4.94. The maximum atomic E-state index is 13.2. The van der Waals surface area contributed by atoms with E-state index < -0.39 is 0 Å². The SMILES string of the molecule is CC(=O)N(CC(=O)N(Cc1ccc(F)cc1)Cc1ccc(C)o1)CC1CCCO1. The minimum absolute atomic E-state index is 0.0232. The fraction of sp³-hybridized carbons (Fsp3) is 0.455. The van der Waals surface area contributed by atoms with Gasteiger partial charge in [0.15, 0.2) is 0 Å². The van der Waals surface area contributed by atoms with Crippen LogP contribution in [0.3, 0.4) is 0 Å². The van der Waals surface area contributed by atoms with Gasteiger partial charge < -0.3 is 19.0 Å². The number of rotatable bonds is 8. The van der Waals surface area contributed by atoms with Gasteiger partial charge in [-0.25, -0.2) is 4.39 Å². The van der Waals surface area contributed by atoms with Crippen LogP contribution >= 0.6 is 0 Å². The Labute approximate surface area is 170 Å². The fourth-order valence-electron chi connectivity index (χ4n) is 3.40. The molecule has 1 unspecified atom stereocenters. The van der Waals surface area contributed by atoms with Crippen molar-refractivity contribution in [3.8, 4) is 0 Å². The molecular formula is C22H27FN2O4. The second-order valence-corrected chi connectivity index (χ2v) is 7.42. The first-order valence-corrected chi connectivity index (χ1v) is 9.85. The van der Waals surface area contributed by atoms with Crippen LogP contribution in [-0.2, 0) is 27.4 Å². The summed E-state index contributed by atoms with van der Waals surface area (Å²) in [5, 5.41) is 0. The smallest absolute Gasteiger partial charge is 0.242 e. The lowest BCUT2D eigenvalue weighted by Gasteiger charge is -2.28. The van der Waals surface area contributed by atoms with Crippen molar-refractivity contribution in [2.24, 2.45) is 0 Å². The van der Waals surface area contributed by atoms with E-state index in [1.807, 2.05) is 19.1 Å². The molecule has 1 aromatic carbocycles. The van der Waals surface area contributed by atoms with E-state index >= 15 is 0 Å². The standard InChI is InChI=1S/C22H27FN2O4/c1-16-5-10-21(29-16)14-25(12-18-6-8-19(23)9-7-18)22(27)15-24(17(2)26)13-20-4-3-11-28-20/h5-10,20H,3-4,11-15H2,1-2H3. The van der Waals surface area contributed by atoms with E-state index in [0.717, 1.165) is 24.2 Å². The van der Waals surface area contributed by atoms with Gasteiger partial charge in [-0.3, -0.25) is 9.59 Å². The van der Waals surface area contributed by atoms with Gasteiger partial charge in [0.1, 0.15) is 17.3 Å². The molecule has 2 amide bonds. The molecule has 0 N–H and O–H groups in total. The summed E-state index contributed by atoms with van der Waals surface area (Å²) in [4.78, 5) is 28.3. The van der Waals surface area contributed by atoms with Gasteiger partial charge in [0.05, 0.1) is 19.2 Å². The largest absolute Gasteiger partial charge is 0.464 e. The lowest BCUT2D eigenvalue weighted by Crippen LogP contribution is -2.44. The monoisotopic (exact) mass is 402 g/mol. The Morgan fingerprint density at radius 3 is 2.45 bits per heavy atom. The van der Waals surface area contributed by atoms with Crippen molar-refractivity contribution >= 4 is 11.8 Å². The van der Waals surface area contributed by atoms with Crippen LogP contribution in [-0.4, -0.2) is 47.4 Å². The molecule has 0 aliphatic carbocycles. The molecule has 7 heteroatoms. The molecular weight excluding hydrogens is 375 g/mol. The number of amides is 2.